The second-order valence-corrected chi connectivity index (χ2v) is 5.86. The molecule has 0 spiro atoms. The van der Waals surface area contributed by atoms with E-state index in [-0.39, 0.29) is 5.41 Å². The summed E-state index contributed by atoms with van der Waals surface area (Å²) in [6, 6.07) is 0. The number of nitrogens with one attached hydrogen (secondary N) is 1. The Morgan fingerprint density at radius 3 is 2.56 bits per heavy atom. The van der Waals surface area contributed by atoms with Crippen LogP contribution < -0.4 is 5.32 Å². The molecule has 1 aliphatic heterocycles. The lowest BCUT2D eigenvalue weighted by molar-refractivity contribution is -0.127. The topological polar surface area (TPSA) is 32.3 Å². The molecule has 1 unspecified atom stereocenters. The van der Waals surface area contributed by atoms with Gasteiger partial charge in [0, 0.05) is 26.1 Å². The van der Waals surface area contributed by atoms with Crippen molar-refractivity contribution in [1.82, 2.24) is 10.2 Å². The van der Waals surface area contributed by atoms with E-state index in [1.165, 1.54) is 0 Å². The van der Waals surface area contributed by atoms with Crippen molar-refractivity contribution in [3.63, 3.8) is 0 Å². The molecule has 1 fully saturated rings. The summed E-state index contributed by atoms with van der Waals surface area (Å²) in [7, 11) is 0. The van der Waals surface area contributed by atoms with Gasteiger partial charge in [-0.25, -0.2) is 0 Å². The Balaban J connectivity index is 2.31. The monoisotopic (exact) mass is 226 g/mol. The number of carbonyl (C=O) groups excluding carboxylic acids is 1. The third-order valence-corrected chi connectivity index (χ3v) is 3.42. The predicted octanol–water partition coefficient (Wildman–Crippen LogP) is 1.88. The van der Waals surface area contributed by atoms with Crippen LogP contribution in [0.4, 0.5) is 0 Å². The molecule has 1 atom stereocenters. The molecule has 1 rings (SSSR count). The minimum Gasteiger partial charge on any atom is -0.341 e. The molecule has 0 aromatic carbocycles. The molecule has 0 bridgehead atoms. The van der Waals surface area contributed by atoms with Crippen molar-refractivity contribution >= 4 is 5.91 Å². The highest BCUT2D eigenvalue weighted by molar-refractivity contribution is 5.78. The van der Waals surface area contributed by atoms with E-state index >= 15 is 0 Å². The second kappa shape index (κ2) is 5.67. The van der Waals surface area contributed by atoms with Crippen molar-refractivity contribution in [2.45, 2.75) is 40.5 Å². The average molecular weight is 226 g/mol. The van der Waals surface area contributed by atoms with E-state index in [4.69, 9.17) is 0 Å². The van der Waals surface area contributed by atoms with Gasteiger partial charge in [-0.3, -0.25) is 4.79 Å². The minimum atomic E-state index is 0.251. The molecular formula is C13H26N2O. The van der Waals surface area contributed by atoms with Crippen LogP contribution in [0.1, 0.15) is 40.5 Å². The molecule has 94 valence electrons. The van der Waals surface area contributed by atoms with Gasteiger partial charge in [-0.1, -0.05) is 27.7 Å². The molecule has 1 heterocycles. The highest BCUT2D eigenvalue weighted by Gasteiger charge is 2.36. The summed E-state index contributed by atoms with van der Waals surface area (Å²) in [5.41, 5.74) is 0.251. The standard InChI is InChI=1S/C13H26N2O/c1-5-6-14-7-8-15-10-11(9-12(15)16)13(2,3)4/h11,14H,5-10H2,1-4H3. The van der Waals surface area contributed by atoms with Gasteiger partial charge in [0.15, 0.2) is 0 Å². The molecule has 0 aromatic rings. The zero-order valence-electron chi connectivity index (χ0n) is 11.2. The van der Waals surface area contributed by atoms with Crippen LogP contribution in [0.2, 0.25) is 0 Å². The summed E-state index contributed by atoms with van der Waals surface area (Å²) in [5, 5.41) is 3.34. The Bertz CT molecular complexity index is 233. The Hall–Kier alpha value is -0.570. The zero-order valence-corrected chi connectivity index (χ0v) is 11.2. The van der Waals surface area contributed by atoms with E-state index < -0.39 is 0 Å². The zero-order chi connectivity index (χ0) is 12.2. The normalized spacial score (nSPS) is 21.9. The second-order valence-electron chi connectivity index (χ2n) is 5.86. The van der Waals surface area contributed by atoms with Crippen molar-refractivity contribution in [2.75, 3.05) is 26.2 Å². The Labute approximate surface area is 99.6 Å². The first-order chi connectivity index (χ1) is 7.45. The third-order valence-electron chi connectivity index (χ3n) is 3.42. The van der Waals surface area contributed by atoms with E-state index in [2.05, 4.69) is 33.0 Å². The summed E-state index contributed by atoms with van der Waals surface area (Å²) in [6.07, 6.45) is 1.88. The summed E-state index contributed by atoms with van der Waals surface area (Å²) in [4.78, 5) is 13.8. The maximum Gasteiger partial charge on any atom is 0.222 e. The molecule has 1 aliphatic rings. The number of amides is 1. The minimum absolute atomic E-state index is 0.251. The van der Waals surface area contributed by atoms with E-state index in [1.54, 1.807) is 0 Å². The smallest absolute Gasteiger partial charge is 0.222 e. The summed E-state index contributed by atoms with van der Waals surface area (Å²) in [5.74, 6) is 0.851. The first-order valence-electron chi connectivity index (χ1n) is 6.43. The lowest BCUT2D eigenvalue weighted by atomic mass is 9.80. The summed E-state index contributed by atoms with van der Waals surface area (Å²) < 4.78 is 0. The van der Waals surface area contributed by atoms with Crippen LogP contribution >= 0.6 is 0 Å². The van der Waals surface area contributed by atoms with Crippen LogP contribution in [0.3, 0.4) is 0 Å². The van der Waals surface area contributed by atoms with Crippen LogP contribution in [0, 0.1) is 11.3 Å². The maximum absolute atomic E-state index is 11.8. The first kappa shape index (κ1) is 13.5. The van der Waals surface area contributed by atoms with Crippen molar-refractivity contribution in [1.29, 1.82) is 0 Å². The van der Waals surface area contributed by atoms with Crippen molar-refractivity contribution < 1.29 is 4.79 Å². The van der Waals surface area contributed by atoms with Gasteiger partial charge in [0.05, 0.1) is 0 Å². The molecule has 1 N–H and O–H groups in total. The number of nitrogens with zero attached hydrogens (tertiary/aromatic N) is 1. The van der Waals surface area contributed by atoms with E-state index in [0.717, 1.165) is 39.0 Å². The summed E-state index contributed by atoms with van der Waals surface area (Å²) >= 11 is 0. The fraction of sp³-hybridized carbons (Fsp3) is 0.923. The number of likely N-dealkylation sites (tertiary alicyclic amines) is 1. The molecule has 3 nitrogen and oxygen atoms in total. The number of rotatable bonds is 5. The third kappa shape index (κ3) is 3.78. The molecule has 16 heavy (non-hydrogen) atoms. The quantitative estimate of drug-likeness (QED) is 0.726. The van der Waals surface area contributed by atoms with E-state index in [0.29, 0.717) is 11.8 Å². The molecule has 1 amide bonds. The lowest BCUT2D eigenvalue weighted by Gasteiger charge is -2.26. The van der Waals surface area contributed by atoms with Crippen molar-refractivity contribution in [2.24, 2.45) is 11.3 Å². The van der Waals surface area contributed by atoms with Gasteiger partial charge in [-0.05, 0) is 24.3 Å². The fourth-order valence-electron chi connectivity index (χ4n) is 2.08. The highest BCUT2D eigenvalue weighted by Crippen LogP contribution is 2.33. The Morgan fingerprint density at radius 1 is 1.38 bits per heavy atom. The maximum atomic E-state index is 11.8. The molecule has 0 radical (unpaired) electrons. The van der Waals surface area contributed by atoms with Gasteiger partial charge in [-0.15, -0.1) is 0 Å². The van der Waals surface area contributed by atoms with Crippen LogP contribution in [0.25, 0.3) is 0 Å². The molecule has 0 saturated carbocycles. The molecule has 3 heteroatoms. The van der Waals surface area contributed by atoms with Crippen LogP contribution in [-0.2, 0) is 4.79 Å². The predicted molar refractivity (Wildman–Crippen MR) is 67.3 cm³/mol. The van der Waals surface area contributed by atoms with Crippen LogP contribution in [0.15, 0.2) is 0 Å². The molecule has 0 aromatic heterocycles. The summed E-state index contributed by atoms with van der Waals surface area (Å²) in [6.45, 7) is 12.6. The van der Waals surface area contributed by atoms with Crippen molar-refractivity contribution in [3.8, 4) is 0 Å². The average Bonchev–Trinajstić information content (AvgIpc) is 2.55. The lowest BCUT2D eigenvalue weighted by Crippen LogP contribution is -2.34. The van der Waals surface area contributed by atoms with Gasteiger partial charge in [0.1, 0.15) is 0 Å². The Morgan fingerprint density at radius 2 is 2.06 bits per heavy atom. The Kier molecular flexibility index (Phi) is 4.78. The molecule has 1 saturated heterocycles. The number of carbonyl (C=O) groups is 1. The van der Waals surface area contributed by atoms with Gasteiger partial charge in [0.25, 0.3) is 0 Å². The van der Waals surface area contributed by atoms with Crippen molar-refractivity contribution in [3.05, 3.63) is 0 Å². The van der Waals surface area contributed by atoms with Gasteiger partial charge in [-0.2, -0.15) is 0 Å². The van der Waals surface area contributed by atoms with Crippen LogP contribution in [-0.4, -0.2) is 37.0 Å². The molecule has 0 aliphatic carbocycles. The highest BCUT2D eigenvalue weighted by atomic mass is 16.2. The fourth-order valence-corrected chi connectivity index (χ4v) is 2.08. The number of hydrogen-bond donors (Lipinski definition) is 1. The SMILES string of the molecule is CCCNCCN1CC(C(C)(C)C)CC1=O. The van der Waals surface area contributed by atoms with E-state index in [9.17, 15) is 4.79 Å². The first-order valence-corrected chi connectivity index (χ1v) is 6.43. The van der Waals surface area contributed by atoms with E-state index in [1.807, 2.05) is 4.90 Å². The largest absolute Gasteiger partial charge is 0.341 e. The van der Waals surface area contributed by atoms with Gasteiger partial charge >= 0.3 is 0 Å². The van der Waals surface area contributed by atoms with Crippen LogP contribution in [0.5, 0.6) is 0 Å². The molecular weight excluding hydrogens is 200 g/mol. The number of hydrogen-bond acceptors (Lipinski definition) is 2. The van der Waals surface area contributed by atoms with Gasteiger partial charge < -0.3 is 10.2 Å². The van der Waals surface area contributed by atoms with Gasteiger partial charge in [0.2, 0.25) is 5.91 Å².